The summed E-state index contributed by atoms with van der Waals surface area (Å²) in [4.78, 5) is 16.2. The Morgan fingerprint density at radius 3 is 3.11 bits per heavy atom. The summed E-state index contributed by atoms with van der Waals surface area (Å²) in [5.74, 6) is 0. The van der Waals surface area contributed by atoms with E-state index >= 15 is 0 Å². The highest BCUT2D eigenvalue weighted by atomic mass is 16.5. The molecule has 1 fully saturated rings. The maximum Gasteiger partial charge on any atom is 0.325 e. The predicted molar refractivity (Wildman–Crippen MR) is 70.8 cm³/mol. The first-order valence-corrected chi connectivity index (χ1v) is 6.79. The van der Waals surface area contributed by atoms with Gasteiger partial charge in [-0.25, -0.2) is 4.79 Å². The SMILES string of the molecule is CN(CCCC1CCCO1)CCn1cc[nH]c1=O. The first-order valence-electron chi connectivity index (χ1n) is 6.79. The van der Waals surface area contributed by atoms with Gasteiger partial charge in [-0.2, -0.15) is 0 Å². The van der Waals surface area contributed by atoms with Gasteiger partial charge >= 0.3 is 5.69 Å². The highest BCUT2D eigenvalue weighted by Gasteiger charge is 2.14. The molecule has 1 saturated heterocycles. The van der Waals surface area contributed by atoms with Crippen molar-refractivity contribution < 1.29 is 4.74 Å². The van der Waals surface area contributed by atoms with E-state index in [1.165, 1.54) is 19.3 Å². The van der Waals surface area contributed by atoms with Gasteiger partial charge in [-0.1, -0.05) is 0 Å². The summed E-state index contributed by atoms with van der Waals surface area (Å²) < 4.78 is 7.31. The van der Waals surface area contributed by atoms with Gasteiger partial charge in [0.25, 0.3) is 0 Å². The van der Waals surface area contributed by atoms with E-state index < -0.39 is 0 Å². The zero-order valence-electron chi connectivity index (χ0n) is 11.1. The van der Waals surface area contributed by atoms with E-state index in [0.717, 1.165) is 32.7 Å². The summed E-state index contributed by atoms with van der Waals surface area (Å²) in [6.07, 6.45) is 8.74. The largest absolute Gasteiger partial charge is 0.378 e. The lowest BCUT2D eigenvalue weighted by Crippen LogP contribution is -2.28. The molecule has 0 spiro atoms. The first kappa shape index (κ1) is 13.4. The van der Waals surface area contributed by atoms with E-state index in [4.69, 9.17) is 4.74 Å². The molecular formula is C13H23N3O2. The second kappa shape index (κ2) is 6.75. The number of nitrogens with zero attached hydrogens (tertiary/aromatic N) is 2. The van der Waals surface area contributed by atoms with E-state index in [1.54, 1.807) is 17.0 Å². The standard InChI is InChI=1S/C13H23N3O2/c1-15(7-2-4-12-5-3-11-18-12)9-10-16-8-6-14-13(16)17/h6,8,12H,2-5,7,9-11H2,1H3,(H,14,17). The van der Waals surface area contributed by atoms with Crippen LogP contribution in [0, 0.1) is 0 Å². The fraction of sp³-hybridized carbons (Fsp3) is 0.769. The quantitative estimate of drug-likeness (QED) is 0.790. The fourth-order valence-corrected chi connectivity index (χ4v) is 2.38. The highest BCUT2D eigenvalue weighted by Crippen LogP contribution is 2.16. The molecule has 1 atom stereocenters. The zero-order chi connectivity index (χ0) is 12.8. The number of likely N-dealkylation sites (N-methyl/N-ethyl adjacent to an activating group) is 1. The van der Waals surface area contributed by atoms with Gasteiger partial charge in [0.2, 0.25) is 0 Å². The predicted octanol–water partition coefficient (Wildman–Crippen LogP) is 1.07. The molecule has 18 heavy (non-hydrogen) atoms. The molecule has 1 aromatic heterocycles. The number of hydrogen-bond acceptors (Lipinski definition) is 3. The Morgan fingerprint density at radius 2 is 2.44 bits per heavy atom. The lowest BCUT2D eigenvalue weighted by atomic mass is 10.1. The molecule has 1 aromatic rings. The molecule has 0 saturated carbocycles. The number of ether oxygens (including phenoxy) is 1. The van der Waals surface area contributed by atoms with Gasteiger partial charge in [0.1, 0.15) is 0 Å². The smallest absolute Gasteiger partial charge is 0.325 e. The molecule has 1 aliphatic heterocycles. The molecule has 0 bridgehead atoms. The van der Waals surface area contributed by atoms with Gasteiger partial charge in [0, 0.05) is 32.1 Å². The first-order chi connectivity index (χ1) is 8.75. The summed E-state index contributed by atoms with van der Waals surface area (Å²) in [6, 6.07) is 0. The molecule has 2 heterocycles. The van der Waals surface area contributed by atoms with Crippen LogP contribution < -0.4 is 5.69 Å². The van der Waals surface area contributed by atoms with Gasteiger partial charge in [-0.05, 0) is 39.3 Å². The summed E-state index contributed by atoms with van der Waals surface area (Å²) in [7, 11) is 2.10. The summed E-state index contributed by atoms with van der Waals surface area (Å²) >= 11 is 0. The molecule has 1 aliphatic rings. The van der Waals surface area contributed by atoms with Crippen LogP contribution in [-0.2, 0) is 11.3 Å². The summed E-state index contributed by atoms with van der Waals surface area (Å²) in [5.41, 5.74) is -0.0252. The van der Waals surface area contributed by atoms with Crippen LogP contribution in [0.15, 0.2) is 17.2 Å². The van der Waals surface area contributed by atoms with Crippen LogP contribution in [0.3, 0.4) is 0 Å². The van der Waals surface area contributed by atoms with Crippen molar-refractivity contribution in [3.05, 3.63) is 22.9 Å². The molecule has 0 aliphatic carbocycles. The number of hydrogen-bond donors (Lipinski definition) is 1. The average Bonchev–Trinajstić information content (AvgIpc) is 2.98. The van der Waals surface area contributed by atoms with E-state index in [0.29, 0.717) is 6.10 Å². The zero-order valence-corrected chi connectivity index (χ0v) is 11.1. The Balaban J connectivity index is 1.58. The number of H-pyrrole nitrogens is 1. The molecule has 1 N–H and O–H groups in total. The van der Waals surface area contributed by atoms with Crippen molar-refractivity contribution in [3.8, 4) is 0 Å². The van der Waals surface area contributed by atoms with Crippen LogP contribution in [-0.4, -0.2) is 47.3 Å². The Hall–Kier alpha value is -1.07. The van der Waals surface area contributed by atoms with Crippen molar-refractivity contribution in [2.75, 3.05) is 26.7 Å². The topological polar surface area (TPSA) is 50.3 Å². The van der Waals surface area contributed by atoms with E-state index in [9.17, 15) is 4.79 Å². The van der Waals surface area contributed by atoms with Crippen molar-refractivity contribution >= 4 is 0 Å². The lowest BCUT2D eigenvalue weighted by molar-refractivity contribution is 0.0996. The van der Waals surface area contributed by atoms with Crippen LogP contribution in [0.25, 0.3) is 0 Å². The minimum Gasteiger partial charge on any atom is -0.378 e. The normalized spacial score (nSPS) is 19.8. The van der Waals surface area contributed by atoms with Crippen molar-refractivity contribution in [2.24, 2.45) is 0 Å². The summed E-state index contributed by atoms with van der Waals surface area (Å²) in [6.45, 7) is 3.66. The van der Waals surface area contributed by atoms with Crippen LogP contribution in [0.1, 0.15) is 25.7 Å². The number of aromatic nitrogens is 2. The molecule has 102 valence electrons. The maximum atomic E-state index is 11.3. The number of rotatable bonds is 7. The Bertz CT molecular complexity index is 393. The maximum absolute atomic E-state index is 11.3. The third-order valence-corrected chi connectivity index (χ3v) is 3.53. The van der Waals surface area contributed by atoms with Gasteiger partial charge < -0.3 is 14.6 Å². The van der Waals surface area contributed by atoms with Crippen molar-refractivity contribution in [1.29, 1.82) is 0 Å². The molecule has 5 heteroatoms. The highest BCUT2D eigenvalue weighted by molar-refractivity contribution is 4.76. The average molecular weight is 253 g/mol. The molecule has 2 rings (SSSR count). The molecule has 0 aromatic carbocycles. The Morgan fingerprint density at radius 1 is 1.56 bits per heavy atom. The number of aromatic amines is 1. The van der Waals surface area contributed by atoms with E-state index in [-0.39, 0.29) is 5.69 Å². The number of imidazole rings is 1. The Labute approximate surface area is 108 Å². The van der Waals surface area contributed by atoms with Gasteiger partial charge in [0.05, 0.1) is 6.10 Å². The number of nitrogens with one attached hydrogen (secondary N) is 1. The van der Waals surface area contributed by atoms with E-state index in [1.807, 2.05) is 0 Å². The van der Waals surface area contributed by atoms with Crippen molar-refractivity contribution in [2.45, 2.75) is 38.3 Å². The molecule has 0 amide bonds. The van der Waals surface area contributed by atoms with Crippen molar-refractivity contribution in [3.63, 3.8) is 0 Å². The second-order valence-corrected chi connectivity index (χ2v) is 5.04. The molecule has 0 radical (unpaired) electrons. The van der Waals surface area contributed by atoms with Crippen LogP contribution >= 0.6 is 0 Å². The van der Waals surface area contributed by atoms with E-state index in [2.05, 4.69) is 16.9 Å². The van der Waals surface area contributed by atoms with Gasteiger partial charge in [-0.3, -0.25) is 4.57 Å². The summed E-state index contributed by atoms with van der Waals surface area (Å²) in [5, 5.41) is 0. The van der Waals surface area contributed by atoms with Gasteiger partial charge in [0.15, 0.2) is 0 Å². The molecular weight excluding hydrogens is 230 g/mol. The lowest BCUT2D eigenvalue weighted by Gasteiger charge is -2.17. The van der Waals surface area contributed by atoms with Crippen LogP contribution in [0.4, 0.5) is 0 Å². The van der Waals surface area contributed by atoms with Crippen LogP contribution in [0.2, 0.25) is 0 Å². The monoisotopic (exact) mass is 253 g/mol. The van der Waals surface area contributed by atoms with Crippen LogP contribution in [0.5, 0.6) is 0 Å². The minimum atomic E-state index is -0.0252. The Kier molecular flexibility index (Phi) is 5.01. The second-order valence-electron chi connectivity index (χ2n) is 5.04. The third kappa shape index (κ3) is 3.99. The minimum absolute atomic E-state index is 0.0252. The fourth-order valence-electron chi connectivity index (χ4n) is 2.38. The van der Waals surface area contributed by atoms with Gasteiger partial charge in [-0.15, -0.1) is 0 Å². The molecule has 5 nitrogen and oxygen atoms in total. The molecule has 1 unspecified atom stereocenters. The van der Waals surface area contributed by atoms with Crippen molar-refractivity contribution in [1.82, 2.24) is 14.5 Å². The third-order valence-electron chi connectivity index (χ3n) is 3.53.